The number of carbonyl (C=O) groups excluding carboxylic acids is 1. The first-order valence-electron chi connectivity index (χ1n) is 5.71. The predicted octanol–water partition coefficient (Wildman–Crippen LogP) is 2.72. The minimum atomic E-state index is -0.128. The zero-order valence-corrected chi connectivity index (χ0v) is 11.7. The van der Waals surface area contributed by atoms with Crippen molar-refractivity contribution in [2.24, 2.45) is 0 Å². The van der Waals surface area contributed by atoms with Crippen LogP contribution in [0.25, 0.3) is 10.2 Å². The van der Waals surface area contributed by atoms with E-state index in [0.29, 0.717) is 6.61 Å². The zero-order valence-electron chi connectivity index (χ0n) is 10.1. The van der Waals surface area contributed by atoms with Gasteiger partial charge < -0.3 is 4.74 Å². The lowest BCUT2D eigenvalue weighted by Crippen LogP contribution is -2.09. The van der Waals surface area contributed by atoms with E-state index in [1.807, 2.05) is 0 Å². The lowest BCUT2D eigenvalue weighted by molar-refractivity contribution is -0.137. The van der Waals surface area contributed by atoms with Gasteiger partial charge in [0.25, 0.3) is 0 Å². The summed E-state index contributed by atoms with van der Waals surface area (Å²) < 4.78 is 4.98. The number of ether oxygens (including phenoxy) is 1. The Morgan fingerprint density at radius 2 is 2.28 bits per heavy atom. The van der Waals surface area contributed by atoms with E-state index in [4.69, 9.17) is 4.74 Å². The zero-order chi connectivity index (χ0) is 12.7. The van der Waals surface area contributed by atoms with Crippen LogP contribution in [0.1, 0.15) is 16.9 Å². The molecule has 4 nitrogen and oxygen atoms in total. The van der Waals surface area contributed by atoms with Gasteiger partial charge in [-0.2, -0.15) is 0 Å². The summed E-state index contributed by atoms with van der Waals surface area (Å²) in [5.41, 5.74) is 1.21. The molecule has 94 valence electrons. The van der Waals surface area contributed by atoms with Gasteiger partial charge in [0.2, 0.25) is 0 Å². The third-order valence-electron chi connectivity index (χ3n) is 3.07. The fourth-order valence-corrected chi connectivity index (χ4v) is 4.14. The van der Waals surface area contributed by atoms with Crippen molar-refractivity contribution in [1.29, 1.82) is 0 Å². The van der Waals surface area contributed by atoms with Crippen molar-refractivity contribution in [2.45, 2.75) is 30.5 Å². The van der Waals surface area contributed by atoms with Gasteiger partial charge in [0.1, 0.15) is 21.4 Å². The fourth-order valence-electron chi connectivity index (χ4n) is 1.96. The molecule has 18 heavy (non-hydrogen) atoms. The average Bonchev–Trinajstić information content (AvgIpc) is 2.86. The first-order valence-corrected chi connectivity index (χ1v) is 7.40. The highest BCUT2D eigenvalue weighted by Gasteiger charge is 2.29. The second-order valence-corrected chi connectivity index (χ2v) is 6.60. The number of hydrogen-bond acceptors (Lipinski definition) is 6. The molecule has 0 saturated carbocycles. The van der Waals surface area contributed by atoms with E-state index in [9.17, 15) is 4.79 Å². The molecule has 6 heteroatoms. The van der Waals surface area contributed by atoms with E-state index < -0.39 is 0 Å². The highest BCUT2D eigenvalue weighted by atomic mass is 32.2. The molecule has 0 N–H and O–H groups in total. The largest absolute Gasteiger partial charge is 0.465 e. The minimum Gasteiger partial charge on any atom is -0.465 e. The fraction of sp³-hybridized carbons (Fsp3) is 0.417. The van der Waals surface area contributed by atoms with Gasteiger partial charge in [-0.25, -0.2) is 9.97 Å². The Morgan fingerprint density at radius 1 is 1.44 bits per heavy atom. The van der Waals surface area contributed by atoms with Gasteiger partial charge in [-0.05, 0) is 19.4 Å². The van der Waals surface area contributed by atoms with Crippen molar-refractivity contribution >= 4 is 39.3 Å². The number of esters is 1. The summed E-state index contributed by atoms with van der Waals surface area (Å²) in [7, 11) is 0. The minimum absolute atomic E-state index is 0.122. The predicted molar refractivity (Wildman–Crippen MR) is 72.1 cm³/mol. The molecule has 1 aliphatic rings. The molecule has 1 aliphatic heterocycles. The Hall–Kier alpha value is -1.14. The van der Waals surface area contributed by atoms with E-state index in [2.05, 4.69) is 23.8 Å². The Balaban J connectivity index is 2.03. The van der Waals surface area contributed by atoms with Gasteiger partial charge in [0.15, 0.2) is 0 Å². The van der Waals surface area contributed by atoms with Crippen LogP contribution in [0.4, 0.5) is 0 Å². The summed E-state index contributed by atoms with van der Waals surface area (Å²) in [4.78, 5) is 22.4. The van der Waals surface area contributed by atoms with Crippen LogP contribution in [-0.4, -0.2) is 27.8 Å². The molecule has 3 rings (SSSR count). The van der Waals surface area contributed by atoms with Crippen molar-refractivity contribution in [3.63, 3.8) is 0 Å². The maximum absolute atomic E-state index is 11.5. The summed E-state index contributed by atoms with van der Waals surface area (Å²) in [6.45, 7) is 4.68. The molecule has 2 aromatic heterocycles. The van der Waals surface area contributed by atoms with Gasteiger partial charge in [0, 0.05) is 16.7 Å². The van der Waals surface area contributed by atoms with Gasteiger partial charge in [0.05, 0.1) is 6.61 Å². The highest BCUT2D eigenvalue weighted by molar-refractivity contribution is 8.00. The molecule has 3 heterocycles. The molecule has 0 aromatic carbocycles. The molecule has 0 bridgehead atoms. The van der Waals surface area contributed by atoms with Crippen LogP contribution < -0.4 is 0 Å². The number of fused-ring (bicyclic) bond motifs is 1. The highest BCUT2D eigenvalue weighted by Crippen LogP contribution is 2.37. The van der Waals surface area contributed by atoms with Crippen molar-refractivity contribution in [3.05, 3.63) is 16.8 Å². The number of hydrogen-bond donors (Lipinski definition) is 0. The first-order chi connectivity index (χ1) is 8.66. The normalized spacial score (nSPS) is 19.4. The Morgan fingerprint density at radius 3 is 3.00 bits per heavy atom. The standard InChI is InChI=1S/C12H12N2O2S2/c1-6-7(2)17-10-9(6)11(14-5-13-10)18-8-3-4-16-12(8)15/h5,8H,3-4H2,1-2H3. The van der Waals surface area contributed by atoms with E-state index in [1.54, 1.807) is 17.7 Å². The van der Waals surface area contributed by atoms with Crippen LogP contribution in [0.15, 0.2) is 11.4 Å². The van der Waals surface area contributed by atoms with E-state index in [0.717, 1.165) is 21.7 Å². The summed E-state index contributed by atoms with van der Waals surface area (Å²) in [5, 5.41) is 1.86. The van der Waals surface area contributed by atoms with Crippen LogP contribution in [0.3, 0.4) is 0 Å². The van der Waals surface area contributed by atoms with Crippen molar-refractivity contribution in [2.75, 3.05) is 6.61 Å². The molecule has 1 unspecified atom stereocenters. The third-order valence-corrected chi connectivity index (χ3v) is 5.43. The smallest absolute Gasteiger partial charge is 0.319 e. The van der Waals surface area contributed by atoms with Crippen molar-refractivity contribution in [3.8, 4) is 0 Å². The van der Waals surface area contributed by atoms with Gasteiger partial charge >= 0.3 is 5.97 Å². The molecular weight excluding hydrogens is 268 g/mol. The van der Waals surface area contributed by atoms with Crippen molar-refractivity contribution in [1.82, 2.24) is 9.97 Å². The molecule has 1 saturated heterocycles. The third kappa shape index (κ3) is 1.89. The van der Waals surface area contributed by atoms with Crippen molar-refractivity contribution < 1.29 is 9.53 Å². The van der Waals surface area contributed by atoms with E-state index >= 15 is 0 Å². The molecule has 1 fully saturated rings. The summed E-state index contributed by atoms with van der Waals surface area (Å²) in [6, 6.07) is 0. The quantitative estimate of drug-likeness (QED) is 0.625. The summed E-state index contributed by atoms with van der Waals surface area (Å²) >= 11 is 3.17. The lowest BCUT2D eigenvalue weighted by atomic mass is 10.2. The van der Waals surface area contributed by atoms with Crippen LogP contribution in [-0.2, 0) is 9.53 Å². The maximum Gasteiger partial charge on any atom is 0.319 e. The molecule has 0 spiro atoms. The number of rotatable bonds is 2. The Labute approximate surface area is 113 Å². The van der Waals surface area contributed by atoms with Gasteiger partial charge in [-0.3, -0.25) is 4.79 Å². The second-order valence-electron chi connectivity index (χ2n) is 4.20. The summed E-state index contributed by atoms with van der Waals surface area (Å²) in [5.74, 6) is -0.128. The number of carbonyl (C=O) groups is 1. The number of aromatic nitrogens is 2. The SMILES string of the molecule is Cc1sc2ncnc(SC3CCOC3=O)c2c1C. The summed E-state index contributed by atoms with van der Waals surface area (Å²) in [6.07, 6.45) is 2.33. The molecule has 2 aromatic rings. The van der Waals surface area contributed by atoms with Crippen LogP contribution in [0, 0.1) is 13.8 Å². The number of thiophene rings is 1. The van der Waals surface area contributed by atoms with Crippen LogP contribution in [0.5, 0.6) is 0 Å². The Bertz CT molecular complexity index is 624. The second kappa shape index (κ2) is 4.51. The molecule has 1 atom stereocenters. The maximum atomic E-state index is 11.5. The number of nitrogens with zero attached hydrogens (tertiary/aromatic N) is 2. The molecular formula is C12H12N2O2S2. The molecule has 0 amide bonds. The van der Waals surface area contributed by atoms with Crippen LogP contribution >= 0.6 is 23.1 Å². The number of cyclic esters (lactones) is 1. The molecule has 0 radical (unpaired) electrons. The van der Waals surface area contributed by atoms with Crippen LogP contribution in [0.2, 0.25) is 0 Å². The average molecular weight is 280 g/mol. The van der Waals surface area contributed by atoms with E-state index in [1.165, 1.54) is 22.2 Å². The Kier molecular flexibility index (Phi) is 2.99. The first kappa shape index (κ1) is 11.9. The molecule has 0 aliphatic carbocycles. The number of aryl methyl sites for hydroxylation is 2. The lowest BCUT2D eigenvalue weighted by Gasteiger charge is -2.06. The monoisotopic (exact) mass is 280 g/mol. The van der Waals surface area contributed by atoms with Gasteiger partial charge in [-0.15, -0.1) is 11.3 Å². The van der Waals surface area contributed by atoms with Gasteiger partial charge in [-0.1, -0.05) is 11.8 Å². The topological polar surface area (TPSA) is 52.1 Å². The van der Waals surface area contributed by atoms with E-state index in [-0.39, 0.29) is 11.2 Å². The number of thioether (sulfide) groups is 1.